The molecule has 18 heavy (non-hydrogen) atoms. The average molecular weight is 382 g/mol. The quantitative estimate of drug-likeness (QED) is 0.467. The van der Waals surface area contributed by atoms with Gasteiger partial charge in [0.25, 0.3) is 0 Å². The summed E-state index contributed by atoms with van der Waals surface area (Å²) in [6.07, 6.45) is 0. The van der Waals surface area contributed by atoms with E-state index >= 15 is 0 Å². The number of hydrogen-bond donors (Lipinski definition) is 0. The van der Waals surface area contributed by atoms with Crippen molar-refractivity contribution in [3.8, 4) is 0 Å². The molecule has 0 bridgehead atoms. The largest absolute Gasteiger partial charge is 0.136 e. The van der Waals surface area contributed by atoms with Crippen molar-refractivity contribution in [2.24, 2.45) is 0 Å². The number of halogens is 2. The zero-order valence-electron chi connectivity index (χ0n) is 9.44. The molecular formula is C15H10Br2S. The molecule has 0 N–H and O–H groups in total. The Morgan fingerprint density at radius 3 is 2.56 bits per heavy atom. The van der Waals surface area contributed by atoms with Crippen molar-refractivity contribution < 1.29 is 0 Å². The van der Waals surface area contributed by atoms with Crippen molar-refractivity contribution in [1.82, 2.24) is 0 Å². The molecule has 1 heterocycles. The minimum atomic E-state index is 0.242. The van der Waals surface area contributed by atoms with Gasteiger partial charge in [-0.2, -0.15) is 0 Å². The van der Waals surface area contributed by atoms with Gasteiger partial charge in [0.15, 0.2) is 0 Å². The van der Waals surface area contributed by atoms with Gasteiger partial charge in [-0.1, -0.05) is 58.4 Å². The molecule has 0 aliphatic rings. The summed E-state index contributed by atoms with van der Waals surface area (Å²) in [6.45, 7) is 0. The number of hydrogen-bond acceptors (Lipinski definition) is 1. The molecule has 0 nitrogen and oxygen atoms in total. The highest BCUT2D eigenvalue weighted by Gasteiger charge is 2.14. The normalized spacial score (nSPS) is 12.8. The third kappa shape index (κ3) is 2.27. The van der Waals surface area contributed by atoms with E-state index in [9.17, 15) is 0 Å². The third-order valence-corrected chi connectivity index (χ3v) is 5.52. The summed E-state index contributed by atoms with van der Waals surface area (Å²) in [6, 6.07) is 17.1. The Bertz CT molecular complexity index is 682. The van der Waals surface area contributed by atoms with Crippen LogP contribution in [0.25, 0.3) is 10.8 Å². The Morgan fingerprint density at radius 1 is 1.00 bits per heavy atom. The van der Waals surface area contributed by atoms with Gasteiger partial charge in [-0.05, 0) is 49.3 Å². The van der Waals surface area contributed by atoms with E-state index in [1.165, 1.54) is 25.7 Å². The lowest BCUT2D eigenvalue weighted by Gasteiger charge is -2.12. The van der Waals surface area contributed by atoms with E-state index in [-0.39, 0.29) is 4.83 Å². The van der Waals surface area contributed by atoms with Crippen LogP contribution in [0.3, 0.4) is 0 Å². The molecule has 1 aromatic heterocycles. The van der Waals surface area contributed by atoms with Crippen molar-refractivity contribution in [3.63, 3.8) is 0 Å². The lowest BCUT2D eigenvalue weighted by atomic mass is 10.00. The molecule has 0 spiro atoms. The molecule has 90 valence electrons. The Labute approximate surface area is 127 Å². The molecule has 0 saturated carbocycles. The van der Waals surface area contributed by atoms with Crippen LogP contribution in [-0.2, 0) is 0 Å². The molecule has 2 aromatic carbocycles. The Hall–Kier alpha value is -0.640. The second-order valence-corrected chi connectivity index (χ2v) is 7.32. The predicted octanol–water partition coefficient (Wildman–Crippen LogP) is 6.15. The maximum atomic E-state index is 3.81. The smallest absolute Gasteiger partial charge is 0.0701 e. The Kier molecular flexibility index (Phi) is 3.55. The minimum Gasteiger partial charge on any atom is -0.136 e. The van der Waals surface area contributed by atoms with E-state index in [1.54, 1.807) is 11.3 Å². The van der Waals surface area contributed by atoms with Crippen LogP contribution in [0.4, 0.5) is 0 Å². The highest BCUT2D eigenvalue weighted by molar-refractivity contribution is 9.11. The van der Waals surface area contributed by atoms with Crippen molar-refractivity contribution >= 4 is 54.0 Å². The summed E-state index contributed by atoms with van der Waals surface area (Å²) in [5, 5.41) is 4.78. The second-order valence-electron chi connectivity index (χ2n) is 4.12. The van der Waals surface area contributed by atoms with E-state index < -0.39 is 0 Å². The molecule has 1 atom stereocenters. The number of thiophene rings is 1. The standard InChI is InChI=1S/C15H10Br2S/c16-14-8-11(9-18-14)15(17)13-7-3-5-10-4-1-2-6-12(10)13/h1-9,15H. The molecule has 0 aliphatic carbocycles. The molecule has 0 amide bonds. The van der Waals surface area contributed by atoms with Crippen LogP contribution in [0, 0.1) is 0 Å². The first-order valence-electron chi connectivity index (χ1n) is 5.61. The van der Waals surface area contributed by atoms with E-state index in [0.717, 1.165) is 0 Å². The molecule has 3 heteroatoms. The average Bonchev–Trinajstić information content (AvgIpc) is 2.84. The molecular weight excluding hydrogens is 372 g/mol. The van der Waals surface area contributed by atoms with Gasteiger partial charge in [-0.15, -0.1) is 11.3 Å². The maximum Gasteiger partial charge on any atom is 0.0701 e. The fourth-order valence-electron chi connectivity index (χ4n) is 2.11. The predicted molar refractivity (Wildman–Crippen MR) is 86.7 cm³/mol. The van der Waals surface area contributed by atoms with Crippen molar-refractivity contribution in [1.29, 1.82) is 0 Å². The first-order chi connectivity index (χ1) is 8.75. The molecule has 0 radical (unpaired) electrons. The SMILES string of the molecule is Brc1cc(C(Br)c2cccc3ccccc23)cs1. The minimum absolute atomic E-state index is 0.242. The molecule has 1 unspecified atom stereocenters. The molecule has 0 aliphatic heterocycles. The monoisotopic (exact) mass is 380 g/mol. The van der Waals surface area contributed by atoms with Crippen LogP contribution in [0.15, 0.2) is 57.7 Å². The Balaban J connectivity index is 2.14. The second kappa shape index (κ2) is 5.16. The van der Waals surface area contributed by atoms with Crippen LogP contribution in [0.5, 0.6) is 0 Å². The summed E-state index contributed by atoms with van der Waals surface area (Å²) in [5.41, 5.74) is 2.61. The molecule has 0 fully saturated rings. The van der Waals surface area contributed by atoms with Gasteiger partial charge in [0, 0.05) is 0 Å². The van der Waals surface area contributed by atoms with Crippen LogP contribution < -0.4 is 0 Å². The van der Waals surface area contributed by atoms with Crippen LogP contribution in [0.2, 0.25) is 0 Å². The van der Waals surface area contributed by atoms with Gasteiger partial charge in [-0.3, -0.25) is 0 Å². The van der Waals surface area contributed by atoms with Crippen LogP contribution in [-0.4, -0.2) is 0 Å². The van der Waals surface area contributed by atoms with E-state index in [2.05, 4.69) is 85.8 Å². The lowest BCUT2D eigenvalue weighted by Crippen LogP contribution is -1.91. The maximum absolute atomic E-state index is 3.81. The van der Waals surface area contributed by atoms with E-state index in [0.29, 0.717) is 0 Å². The van der Waals surface area contributed by atoms with E-state index in [1.807, 2.05) is 0 Å². The summed E-state index contributed by atoms with van der Waals surface area (Å²) >= 11 is 9.05. The summed E-state index contributed by atoms with van der Waals surface area (Å²) in [7, 11) is 0. The third-order valence-electron chi connectivity index (χ3n) is 2.98. The van der Waals surface area contributed by atoms with Gasteiger partial charge in [0.2, 0.25) is 0 Å². The zero-order valence-corrected chi connectivity index (χ0v) is 13.4. The van der Waals surface area contributed by atoms with Crippen molar-refractivity contribution in [2.45, 2.75) is 4.83 Å². The van der Waals surface area contributed by atoms with Gasteiger partial charge in [-0.25, -0.2) is 0 Å². The van der Waals surface area contributed by atoms with Crippen LogP contribution in [0.1, 0.15) is 16.0 Å². The fraction of sp³-hybridized carbons (Fsp3) is 0.0667. The van der Waals surface area contributed by atoms with Gasteiger partial charge >= 0.3 is 0 Å². The number of benzene rings is 2. The Morgan fingerprint density at radius 2 is 1.78 bits per heavy atom. The highest BCUT2D eigenvalue weighted by atomic mass is 79.9. The van der Waals surface area contributed by atoms with Crippen molar-refractivity contribution in [3.05, 3.63) is 68.8 Å². The fourth-order valence-corrected chi connectivity index (χ4v) is 4.15. The topological polar surface area (TPSA) is 0 Å². The van der Waals surface area contributed by atoms with E-state index in [4.69, 9.17) is 0 Å². The summed E-state index contributed by atoms with van der Waals surface area (Å²) in [4.78, 5) is 0.242. The van der Waals surface area contributed by atoms with Gasteiger partial charge in [0.1, 0.15) is 0 Å². The first kappa shape index (κ1) is 12.4. The molecule has 3 rings (SSSR count). The summed E-state index contributed by atoms with van der Waals surface area (Å²) < 4.78 is 1.17. The summed E-state index contributed by atoms with van der Waals surface area (Å²) in [5.74, 6) is 0. The zero-order chi connectivity index (χ0) is 12.5. The van der Waals surface area contributed by atoms with Gasteiger partial charge < -0.3 is 0 Å². The number of alkyl halides is 1. The molecule has 3 aromatic rings. The first-order valence-corrected chi connectivity index (χ1v) is 8.20. The van der Waals surface area contributed by atoms with Crippen LogP contribution >= 0.6 is 43.2 Å². The highest BCUT2D eigenvalue weighted by Crippen LogP contribution is 2.38. The van der Waals surface area contributed by atoms with Crippen molar-refractivity contribution in [2.75, 3.05) is 0 Å². The van der Waals surface area contributed by atoms with Gasteiger partial charge in [0.05, 0.1) is 8.61 Å². The number of fused-ring (bicyclic) bond motifs is 1. The molecule has 0 saturated heterocycles. The lowest BCUT2D eigenvalue weighted by molar-refractivity contribution is 1.22. The number of rotatable bonds is 2.